The number of nitriles is 1. The van der Waals surface area contributed by atoms with E-state index in [4.69, 9.17) is 9.57 Å². The Morgan fingerprint density at radius 3 is 2.57 bits per heavy atom. The second kappa shape index (κ2) is 5.09. The Hall–Kier alpha value is -2.35. The van der Waals surface area contributed by atoms with Gasteiger partial charge in [-0.05, 0) is 24.1 Å². The number of hydrogen-bond acceptors (Lipinski definition) is 4. The summed E-state index contributed by atoms with van der Waals surface area (Å²) in [5.74, 6) is 0.837. The lowest BCUT2D eigenvalue weighted by Crippen LogP contribution is -2.40. The van der Waals surface area contributed by atoms with Crippen LogP contribution in [0.1, 0.15) is 28.8 Å². The molecule has 0 amide bonds. The highest BCUT2D eigenvalue weighted by molar-refractivity contribution is 5.44. The maximum atomic E-state index is 10.1. The Kier molecular flexibility index (Phi) is 3.15. The first-order chi connectivity index (χ1) is 11.2. The minimum absolute atomic E-state index is 0.137. The van der Waals surface area contributed by atoms with Crippen LogP contribution in [0.2, 0.25) is 0 Å². The zero-order valence-corrected chi connectivity index (χ0v) is 13.2. The third-order valence-corrected chi connectivity index (χ3v) is 4.95. The second-order valence-corrected chi connectivity index (χ2v) is 6.27. The predicted molar refractivity (Wildman–Crippen MR) is 85.5 cm³/mol. The Bertz CT molecular complexity index is 798. The number of hydrogen-bond donors (Lipinski definition) is 0. The molecule has 0 spiro atoms. The van der Waals surface area contributed by atoms with Gasteiger partial charge in [-0.25, -0.2) is 0 Å². The van der Waals surface area contributed by atoms with Crippen LogP contribution < -0.4 is 4.74 Å². The van der Waals surface area contributed by atoms with Crippen molar-refractivity contribution in [1.29, 1.82) is 5.26 Å². The minimum Gasteiger partial charge on any atom is -0.491 e. The average Bonchev–Trinajstić information content (AvgIpc) is 2.89. The third kappa shape index (κ3) is 1.91. The maximum Gasteiger partial charge on any atom is 0.145 e. The fourth-order valence-electron chi connectivity index (χ4n) is 3.82. The molecule has 0 bridgehead atoms. The van der Waals surface area contributed by atoms with Gasteiger partial charge < -0.3 is 4.74 Å². The van der Waals surface area contributed by atoms with Gasteiger partial charge in [-0.15, -0.1) is 0 Å². The largest absolute Gasteiger partial charge is 0.491 e. The molecule has 4 rings (SSSR count). The third-order valence-electron chi connectivity index (χ3n) is 4.95. The molecule has 2 aromatic rings. The van der Waals surface area contributed by atoms with Gasteiger partial charge in [-0.1, -0.05) is 42.5 Å². The van der Waals surface area contributed by atoms with E-state index in [1.807, 2.05) is 54.6 Å². The van der Waals surface area contributed by atoms with Gasteiger partial charge >= 0.3 is 0 Å². The lowest BCUT2D eigenvalue weighted by molar-refractivity contribution is -0.147. The van der Waals surface area contributed by atoms with E-state index in [1.54, 1.807) is 0 Å². The molecule has 0 radical (unpaired) electrons. The first-order valence-corrected chi connectivity index (χ1v) is 7.75. The van der Waals surface area contributed by atoms with Crippen LogP contribution in [-0.4, -0.2) is 18.7 Å². The van der Waals surface area contributed by atoms with Gasteiger partial charge in [0.25, 0.3) is 0 Å². The standard InChI is InChI=1S/C19H18N2O2/c1-13-7-3-4-8-14(13)18-19(11-20)12-22-16-10-6-5-9-15(16)17(19)21(2)23-18/h3-10,17-18H,12H2,1-2H3/t17-,18-,19+/m0/s1. The summed E-state index contributed by atoms with van der Waals surface area (Å²) in [5, 5.41) is 11.9. The average molecular weight is 306 g/mol. The van der Waals surface area contributed by atoms with Crippen LogP contribution in [0.3, 0.4) is 0 Å². The van der Waals surface area contributed by atoms with E-state index in [0.717, 1.165) is 22.4 Å². The minimum atomic E-state index is -0.755. The van der Waals surface area contributed by atoms with Gasteiger partial charge in [0.2, 0.25) is 0 Å². The summed E-state index contributed by atoms with van der Waals surface area (Å²) in [6.07, 6.45) is -0.336. The van der Waals surface area contributed by atoms with Crippen molar-refractivity contribution in [2.45, 2.75) is 19.1 Å². The predicted octanol–water partition coefficient (Wildman–Crippen LogP) is 3.56. The van der Waals surface area contributed by atoms with Crippen molar-refractivity contribution >= 4 is 0 Å². The first-order valence-electron chi connectivity index (χ1n) is 7.75. The molecule has 4 nitrogen and oxygen atoms in total. The lowest BCUT2D eigenvalue weighted by Gasteiger charge is -2.37. The van der Waals surface area contributed by atoms with Crippen molar-refractivity contribution in [1.82, 2.24) is 5.06 Å². The molecule has 116 valence electrons. The van der Waals surface area contributed by atoms with E-state index in [2.05, 4.69) is 19.1 Å². The molecule has 0 aliphatic carbocycles. The van der Waals surface area contributed by atoms with E-state index < -0.39 is 5.41 Å². The smallest absolute Gasteiger partial charge is 0.145 e. The van der Waals surface area contributed by atoms with Gasteiger partial charge in [0, 0.05) is 12.6 Å². The van der Waals surface area contributed by atoms with Crippen molar-refractivity contribution in [3.8, 4) is 11.8 Å². The van der Waals surface area contributed by atoms with E-state index in [-0.39, 0.29) is 12.1 Å². The summed E-state index contributed by atoms with van der Waals surface area (Å²) in [7, 11) is 1.90. The number of fused-ring (bicyclic) bond motifs is 3. The number of benzene rings is 2. The molecule has 2 aliphatic rings. The van der Waals surface area contributed by atoms with Crippen molar-refractivity contribution in [3.63, 3.8) is 0 Å². The normalized spacial score (nSPS) is 29.3. The molecule has 2 aromatic carbocycles. The molecule has 0 saturated carbocycles. The summed E-state index contributed by atoms with van der Waals surface area (Å²) < 4.78 is 5.94. The Morgan fingerprint density at radius 2 is 1.83 bits per heavy atom. The summed E-state index contributed by atoms with van der Waals surface area (Å²) in [6.45, 7) is 2.38. The summed E-state index contributed by atoms with van der Waals surface area (Å²) >= 11 is 0. The van der Waals surface area contributed by atoms with Crippen molar-refractivity contribution in [2.75, 3.05) is 13.7 Å². The van der Waals surface area contributed by atoms with Crippen molar-refractivity contribution in [2.24, 2.45) is 5.41 Å². The van der Waals surface area contributed by atoms with E-state index in [9.17, 15) is 5.26 Å². The lowest BCUT2D eigenvalue weighted by atomic mass is 9.71. The van der Waals surface area contributed by atoms with Gasteiger partial charge in [0.15, 0.2) is 0 Å². The molecule has 2 heterocycles. The summed E-state index contributed by atoms with van der Waals surface area (Å²) in [5.41, 5.74) is 2.43. The SMILES string of the molecule is Cc1ccccc1[C@@H]1ON(C)[C@H]2c3ccccc3OC[C@]21C#N. The Labute approximate surface area is 135 Å². The van der Waals surface area contributed by atoms with Crippen LogP contribution in [-0.2, 0) is 4.84 Å². The van der Waals surface area contributed by atoms with Crippen LogP contribution in [0, 0.1) is 23.7 Å². The number of nitrogens with zero attached hydrogens (tertiary/aromatic N) is 2. The molecule has 0 aromatic heterocycles. The number of rotatable bonds is 1. The topological polar surface area (TPSA) is 45.5 Å². The van der Waals surface area contributed by atoms with Crippen LogP contribution >= 0.6 is 0 Å². The van der Waals surface area contributed by atoms with Gasteiger partial charge in [-0.3, -0.25) is 4.84 Å². The summed E-state index contributed by atoms with van der Waals surface area (Å²) in [6, 6.07) is 18.4. The van der Waals surface area contributed by atoms with Crippen LogP contribution in [0.25, 0.3) is 0 Å². The van der Waals surface area contributed by atoms with E-state index in [0.29, 0.717) is 6.61 Å². The molecule has 0 unspecified atom stereocenters. The van der Waals surface area contributed by atoms with Gasteiger partial charge in [0.1, 0.15) is 23.9 Å². The second-order valence-electron chi connectivity index (χ2n) is 6.27. The molecule has 3 atom stereocenters. The molecule has 2 aliphatic heterocycles. The van der Waals surface area contributed by atoms with E-state index in [1.165, 1.54) is 0 Å². The highest BCUT2D eigenvalue weighted by Crippen LogP contribution is 2.58. The molecular weight excluding hydrogens is 288 g/mol. The molecular formula is C19H18N2O2. The van der Waals surface area contributed by atoms with Crippen molar-refractivity contribution < 1.29 is 9.57 Å². The number of aryl methyl sites for hydroxylation is 1. The zero-order valence-electron chi connectivity index (χ0n) is 13.2. The fourth-order valence-corrected chi connectivity index (χ4v) is 3.82. The number of para-hydroxylation sites is 1. The Balaban J connectivity index is 1.88. The van der Waals surface area contributed by atoms with Crippen molar-refractivity contribution in [3.05, 3.63) is 65.2 Å². The summed E-state index contributed by atoms with van der Waals surface area (Å²) in [4.78, 5) is 6.16. The van der Waals surface area contributed by atoms with E-state index >= 15 is 0 Å². The molecule has 23 heavy (non-hydrogen) atoms. The molecule has 1 fully saturated rings. The van der Waals surface area contributed by atoms with Gasteiger partial charge in [-0.2, -0.15) is 10.3 Å². The molecule has 4 heteroatoms. The zero-order chi connectivity index (χ0) is 16.0. The van der Waals surface area contributed by atoms with Crippen LogP contribution in [0.15, 0.2) is 48.5 Å². The monoisotopic (exact) mass is 306 g/mol. The molecule has 0 N–H and O–H groups in total. The maximum absolute atomic E-state index is 10.1. The van der Waals surface area contributed by atoms with Crippen LogP contribution in [0.5, 0.6) is 5.75 Å². The highest BCUT2D eigenvalue weighted by atomic mass is 16.7. The van der Waals surface area contributed by atoms with Crippen LogP contribution in [0.4, 0.5) is 0 Å². The first kappa shape index (κ1) is 14.3. The number of ether oxygens (including phenoxy) is 1. The quantitative estimate of drug-likeness (QED) is 0.808. The highest BCUT2D eigenvalue weighted by Gasteiger charge is 2.60. The number of hydroxylamine groups is 2. The fraction of sp³-hybridized carbons (Fsp3) is 0.316. The Morgan fingerprint density at radius 1 is 1.13 bits per heavy atom. The molecule has 1 saturated heterocycles. The van der Waals surface area contributed by atoms with Gasteiger partial charge in [0.05, 0.1) is 12.1 Å².